The molecule has 0 bridgehead atoms. The number of hydrogen-bond acceptors (Lipinski definition) is 3. The van der Waals surface area contributed by atoms with E-state index in [9.17, 15) is 13.2 Å². The third-order valence-corrected chi connectivity index (χ3v) is 5.46. The Labute approximate surface area is 149 Å². The average molecular weight is 360 g/mol. The first-order chi connectivity index (χ1) is 11.5. The summed E-state index contributed by atoms with van der Waals surface area (Å²) < 4.78 is 27.5. The number of anilines is 1. The molecule has 5 nitrogen and oxygen atoms in total. The summed E-state index contributed by atoms with van der Waals surface area (Å²) in [4.78, 5) is 12.6. The number of rotatable bonds is 4. The fourth-order valence-corrected chi connectivity index (χ4v) is 3.81. The fraction of sp³-hybridized carbons (Fsp3) is 0.316. The van der Waals surface area contributed by atoms with Gasteiger partial charge in [-0.3, -0.25) is 4.79 Å². The van der Waals surface area contributed by atoms with Crippen LogP contribution in [0.3, 0.4) is 0 Å². The van der Waals surface area contributed by atoms with E-state index in [0.717, 1.165) is 11.1 Å². The largest absolute Gasteiger partial charge is 0.322 e. The fourth-order valence-electron chi connectivity index (χ4n) is 2.35. The normalized spacial score (nSPS) is 12.0. The number of hydrogen-bond donors (Lipinski definition) is 2. The van der Waals surface area contributed by atoms with Crippen LogP contribution in [0.1, 0.15) is 42.3 Å². The van der Waals surface area contributed by atoms with Crippen molar-refractivity contribution in [2.75, 3.05) is 5.32 Å². The summed E-state index contributed by atoms with van der Waals surface area (Å²) in [6.07, 6.45) is 0. The average Bonchev–Trinajstić information content (AvgIpc) is 2.49. The molecule has 0 aliphatic carbocycles. The molecule has 6 heteroatoms. The van der Waals surface area contributed by atoms with Gasteiger partial charge in [0, 0.05) is 16.8 Å². The van der Waals surface area contributed by atoms with E-state index >= 15 is 0 Å². The van der Waals surface area contributed by atoms with E-state index in [2.05, 4.69) is 10.0 Å². The molecule has 25 heavy (non-hydrogen) atoms. The van der Waals surface area contributed by atoms with Crippen LogP contribution in [-0.4, -0.2) is 19.9 Å². The molecular formula is C19H24N2O3S. The minimum atomic E-state index is -3.69. The van der Waals surface area contributed by atoms with Crippen molar-refractivity contribution in [2.24, 2.45) is 0 Å². The van der Waals surface area contributed by atoms with Gasteiger partial charge in [-0.2, -0.15) is 0 Å². The highest BCUT2D eigenvalue weighted by molar-refractivity contribution is 7.89. The van der Waals surface area contributed by atoms with Crippen molar-refractivity contribution in [1.29, 1.82) is 0 Å². The predicted octanol–water partition coefficient (Wildman–Crippen LogP) is 3.63. The summed E-state index contributed by atoms with van der Waals surface area (Å²) >= 11 is 0. The van der Waals surface area contributed by atoms with Gasteiger partial charge in [0.25, 0.3) is 5.91 Å². The molecule has 2 aromatic rings. The highest BCUT2D eigenvalue weighted by Gasteiger charge is 2.22. The number of carbonyl (C=O) groups is 1. The second-order valence-corrected chi connectivity index (χ2v) is 8.77. The van der Waals surface area contributed by atoms with Crippen LogP contribution >= 0.6 is 0 Å². The molecule has 2 aromatic carbocycles. The number of carbonyl (C=O) groups excluding carboxylic acids is 1. The second-order valence-electron chi connectivity index (χ2n) is 7.08. The number of sulfonamides is 1. The van der Waals surface area contributed by atoms with Gasteiger partial charge in [0.15, 0.2) is 0 Å². The summed E-state index contributed by atoms with van der Waals surface area (Å²) in [5, 5.41) is 2.84. The van der Waals surface area contributed by atoms with E-state index in [-0.39, 0.29) is 16.4 Å². The molecule has 1 amide bonds. The number of amides is 1. The van der Waals surface area contributed by atoms with Crippen molar-refractivity contribution >= 4 is 21.6 Å². The lowest BCUT2D eigenvalue weighted by Crippen LogP contribution is -2.40. The number of nitrogens with one attached hydrogen (secondary N) is 2. The van der Waals surface area contributed by atoms with Gasteiger partial charge in [-0.1, -0.05) is 18.2 Å². The lowest BCUT2D eigenvalue weighted by molar-refractivity contribution is 0.102. The van der Waals surface area contributed by atoms with Gasteiger partial charge in [0.1, 0.15) is 0 Å². The van der Waals surface area contributed by atoms with Crippen molar-refractivity contribution in [2.45, 2.75) is 45.1 Å². The zero-order valence-electron chi connectivity index (χ0n) is 15.2. The molecule has 0 radical (unpaired) electrons. The Morgan fingerprint density at radius 3 is 2.28 bits per heavy atom. The zero-order chi connectivity index (χ0) is 18.8. The van der Waals surface area contributed by atoms with E-state index in [1.54, 1.807) is 32.9 Å². The van der Waals surface area contributed by atoms with Crippen LogP contribution in [0, 0.1) is 13.8 Å². The molecular weight excluding hydrogens is 336 g/mol. The Kier molecular flexibility index (Phi) is 5.34. The van der Waals surface area contributed by atoms with Crippen LogP contribution in [0.15, 0.2) is 47.4 Å². The lowest BCUT2D eigenvalue weighted by Gasteiger charge is -2.20. The third-order valence-electron chi connectivity index (χ3n) is 3.70. The van der Waals surface area contributed by atoms with Gasteiger partial charge in [0.05, 0.1) is 4.90 Å². The SMILES string of the molecule is Cc1cccc(NC(=O)c2cccc(S(=O)(=O)NC(C)(C)C)c2)c1C. The molecule has 0 aliphatic rings. The van der Waals surface area contributed by atoms with Gasteiger partial charge < -0.3 is 5.32 Å². The Bertz CT molecular complexity index is 897. The smallest absolute Gasteiger partial charge is 0.255 e. The van der Waals surface area contributed by atoms with Gasteiger partial charge >= 0.3 is 0 Å². The van der Waals surface area contributed by atoms with Crippen molar-refractivity contribution in [3.8, 4) is 0 Å². The van der Waals surface area contributed by atoms with Gasteiger partial charge in [-0.15, -0.1) is 0 Å². The molecule has 0 spiro atoms. The van der Waals surface area contributed by atoms with Crippen LogP contribution in [0.25, 0.3) is 0 Å². The molecule has 0 heterocycles. The second kappa shape index (κ2) is 6.98. The first kappa shape index (κ1) is 19.1. The van der Waals surface area contributed by atoms with Crippen molar-refractivity contribution in [3.05, 3.63) is 59.2 Å². The summed E-state index contributed by atoms with van der Waals surface area (Å²) in [6, 6.07) is 11.7. The standard InChI is InChI=1S/C19H24N2O3S/c1-13-8-6-11-17(14(13)2)20-18(22)15-9-7-10-16(12-15)25(23,24)21-19(3,4)5/h6-12,21H,1-5H3,(H,20,22). The highest BCUT2D eigenvalue weighted by Crippen LogP contribution is 2.20. The quantitative estimate of drug-likeness (QED) is 0.874. The Morgan fingerprint density at radius 2 is 1.64 bits per heavy atom. The first-order valence-electron chi connectivity index (χ1n) is 8.01. The van der Waals surface area contributed by atoms with Crippen LogP contribution in [-0.2, 0) is 10.0 Å². The number of benzene rings is 2. The molecule has 0 aromatic heterocycles. The zero-order valence-corrected chi connectivity index (χ0v) is 16.0. The maximum Gasteiger partial charge on any atom is 0.255 e. The van der Waals surface area contributed by atoms with Crippen molar-refractivity contribution in [1.82, 2.24) is 4.72 Å². The molecule has 0 atom stereocenters. The van der Waals surface area contributed by atoms with Crippen LogP contribution < -0.4 is 10.0 Å². The Morgan fingerprint density at radius 1 is 1.00 bits per heavy atom. The third kappa shape index (κ3) is 4.90. The minimum absolute atomic E-state index is 0.0658. The van der Waals surface area contributed by atoms with E-state index < -0.39 is 15.6 Å². The molecule has 2 rings (SSSR count). The van der Waals surface area contributed by atoms with Crippen LogP contribution in [0.2, 0.25) is 0 Å². The topological polar surface area (TPSA) is 75.3 Å². The summed E-state index contributed by atoms with van der Waals surface area (Å²) in [7, 11) is -3.69. The van der Waals surface area contributed by atoms with E-state index in [4.69, 9.17) is 0 Å². The highest BCUT2D eigenvalue weighted by atomic mass is 32.2. The lowest BCUT2D eigenvalue weighted by atomic mass is 10.1. The first-order valence-corrected chi connectivity index (χ1v) is 9.49. The maximum atomic E-state index is 12.5. The molecule has 0 aliphatic heterocycles. The molecule has 2 N–H and O–H groups in total. The summed E-state index contributed by atoms with van der Waals surface area (Å²) in [6.45, 7) is 9.19. The number of aryl methyl sites for hydroxylation is 1. The molecule has 0 fully saturated rings. The Balaban J connectivity index is 2.29. The Hall–Kier alpha value is -2.18. The molecule has 0 unspecified atom stereocenters. The summed E-state index contributed by atoms with van der Waals surface area (Å²) in [5.41, 5.74) is 2.46. The van der Waals surface area contributed by atoms with Gasteiger partial charge in [0.2, 0.25) is 10.0 Å². The molecule has 134 valence electrons. The van der Waals surface area contributed by atoms with Crippen LogP contribution in [0.5, 0.6) is 0 Å². The van der Waals surface area contributed by atoms with Gasteiger partial charge in [-0.25, -0.2) is 13.1 Å². The van der Waals surface area contributed by atoms with Crippen molar-refractivity contribution in [3.63, 3.8) is 0 Å². The van der Waals surface area contributed by atoms with E-state index in [0.29, 0.717) is 5.69 Å². The monoisotopic (exact) mass is 360 g/mol. The maximum absolute atomic E-state index is 12.5. The molecule has 0 saturated heterocycles. The van der Waals surface area contributed by atoms with Crippen LogP contribution in [0.4, 0.5) is 5.69 Å². The van der Waals surface area contributed by atoms with Crippen molar-refractivity contribution < 1.29 is 13.2 Å². The van der Waals surface area contributed by atoms with E-state index in [1.807, 2.05) is 32.0 Å². The van der Waals surface area contributed by atoms with E-state index in [1.165, 1.54) is 12.1 Å². The predicted molar refractivity (Wildman–Crippen MR) is 100 cm³/mol. The minimum Gasteiger partial charge on any atom is -0.322 e. The molecule has 0 saturated carbocycles. The van der Waals surface area contributed by atoms with Gasteiger partial charge in [-0.05, 0) is 70.0 Å². The summed E-state index contributed by atoms with van der Waals surface area (Å²) in [5.74, 6) is -0.346.